The van der Waals surface area contributed by atoms with E-state index in [1.165, 1.54) is 0 Å². The van der Waals surface area contributed by atoms with E-state index in [1.54, 1.807) is 8.61 Å². The Bertz CT molecular complexity index is 629. The topological polar surface area (TPSA) is 91.4 Å². The maximum atomic E-state index is 12.8. The fraction of sp³-hybridized carbons (Fsp3) is 0.857. The van der Waals surface area contributed by atoms with Crippen LogP contribution in [0.2, 0.25) is 0 Å². The summed E-state index contributed by atoms with van der Waals surface area (Å²) in [5.74, 6) is 1.83. The zero-order valence-corrected chi connectivity index (χ0v) is 14.7. The molecule has 0 aliphatic carbocycles. The minimum Gasteiger partial charge on any atom is -0.373 e. The highest BCUT2D eigenvalue weighted by Crippen LogP contribution is 2.28. The summed E-state index contributed by atoms with van der Waals surface area (Å²) >= 11 is 0. The Morgan fingerprint density at radius 1 is 1.13 bits per heavy atom. The van der Waals surface area contributed by atoms with Crippen LogP contribution in [0.25, 0.3) is 0 Å². The molecule has 0 bridgehead atoms. The molecule has 1 aromatic rings. The van der Waals surface area contributed by atoms with Gasteiger partial charge in [0, 0.05) is 32.1 Å². The van der Waals surface area contributed by atoms with Crippen molar-refractivity contribution in [2.75, 3.05) is 26.2 Å². The van der Waals surface area contributed by atoms with Crippen LogP contribution in [0.3, 0.4) is 0 Å². The molecular weight excluding hydrogens is 318 g/mol. The zero-order valence-electron chi connectivity index (χ0n) is 13.9. The normalized spacial score (nSPS) is 29.0. The number of H-pyrrole nitrogens is 1. The van der Waals surface area contributed by atoms with E-state index in [0.717, 1.165) is 24.5 Å². The smallest absolute Gasteiger partial charge is 0.282 e. The van der Waals surface area contributed by atoms with Gasteiger partial charge in [0.15, 0.2) is 5.82 Å². The number of nitrogens with zero attached hydrogens (tertiary/aromatic N) is 4. The van der Waals surface area contributed by atoms with Crippen molar-refractivity contribution < 1.29 is 13.2 Å². The van der Waals surface area contributed by atoms with Crippen LogP contribution in [-0.4, -0.2) is 70.6 Å². The van der Waals surface area contributed by atoms with Crippen molar-refractivity contribution in [1.29, 1.82) is 0 Å². The lowest BCUT2D eigenvalue weighted by Crippen LogP contribution is -2.54. The highest BCUT2D eigenvalue weighted by molar-refractivity contribution is 7.86. The Labute approximate surface area is 137 Å². The maximum absolute atomic E-state index is 12.8. The van der Waals surface area contributed by atoms with Crippen molar-refractivity contribution >= 4 is 10.2 Å². The Hall–Kier alpha value is -1.03. The average Bonchev–Trinajstić information content (AvgIpc) is 2.93. The minimum atomic E-state index is -3.41. The van der Waals surface area contributed by atoms with E-state index >= 15 is 0 Å². The van der Waals surface area contributed by atoms with E-state index in [2.05, 4.69) is 15.2 Å². The molecule has 0 amide bonds. The van der Waals surface area contributed by atoms with Crippen molar-refractivity contribution in [2.45, 2.75) is 51.7 Å². The summed E-state index contributed by atoms with van der Waals surface area (Å²) in [6.45, 7) is 7.57. The molecule has 2 aliphatic heterocycles. The van der Waals surface area contributed by atoms with Crippen LogP contribution >= 0.6 is 0 Å². The predicted molar refractivity (Wildman–Crippen MR) is 85.2 cm³/mol. The van der Waals surface area contributed by atoms with Gasteiger partial charge in [-0.15, -0.1) is 0 Å². The van der Waals surface area contributed by atoms with Gasteiger partial charge in [-0.1, -0.05) is 0 Å². The molecule has 2 aliphatic rings. The third kappa shape index (κ3) is 3.57. The molecule has 8 nitrogen and oxygen atoms in total. The third-order valence-corrected chi connectivity index (χ3v) is 6.44. The van der Waals surface area contributed by atoms with Gasteiger partial charge in [-0.2, -0.15) is 22.1 Å². The lowest BCUT2D eigenvalue weighted by molar-refractivity contribution is -0.0456. The number of hydrogen-bond acceptors (Lipinski definition) is 5. The van der Waals surface area contributed by atoms with Crippen LogP contribution < -0.4 is 0 Å². The van der Waals surface area contributed by atoms with E-state index in [9.17, 15) is 8.42 Å². The molecule has 130 valence electrons. The van der Waals surface area contributed by atoms with Crippen molar-refractivity contribution in [3.63, 3.8) is 0 Å². The van der Waals surface area contributed by atoms with Crippen LogP contribution in [0.1, 0.15) is 44.3 Å². The summed E-state index contributed by atoms with van der Waals surface area (Å²) < 4.78 is 34.5. The molecule has 0 aromatic carbocycles. The Kier molecular flexibility index (Phi) is 4.73. The molecule has 2 saturated heterocycles. The molecule has 9 heteroatoms. The largest absolute Gasteiger partial charge is 0.373 e. The van der Waals surface area contributed by atoms with Crippen LogP contribution in [0.4, 0.5) is 0 Å². The first-order valence-electron chi connectivity index (χ1n) is 8.16. The minimum absolute atomic E-state index is 0.0673. The molecule has 23 heavy (non-hydrogen) atoms. The average molecular weight is 343 g/mol. The number of aryl methyl sites for hydroxylation is 1. The van der Waals surface area contributed by atoms with Gasteiger partial charge in [0.25, 0.3) is 10.2 Å². The first-order valence-corrected chi connectivity index (χ1v) is 9.55. The summed E-state index contributed by atoms with van der Waals surface area (Å²) in [6.07, 6.45) is 1.38. The molecule has 0 spiro atoms. The molecule has 0 saturated carbocycles. The van der Waals surface area contributed by atoms with Crippen LogP contribution in [0, 0.1) is 6.92 Å². The number of hydrogen-bond donors (Lipinski definition) is 1. The predicted octanol–water partition coefficient (Wildman–Crippen LogP) is 0.647. The molecule has 3 rings (SSSR count). The molecule has 1 aromatic heterocycles. The second-order valence-corrected chi connectivity index (χ2v) is 8.46. The zero-order chi connectivity index (χ0) is 16.6. The standard InChI is InChI=1S/C14H25N5O3S/c1-10-8-19(9-11(2)22-10)23(20,21)18-6-4-13(5-7-18)14-15-12(3)16-17-14/h10-11,13H,4-9H2,1-3H3,(H,15,16,17)/t10-,11-/m1/s1. The van der Waals surface area contributed by atoms with E-state index in [4.69, 9.17) is 4.74 Å². The van der Waals surface area contributed by atoms with Gasteiger partial charge in [0.1, 0.15) is 5.82 Å². The number of ether oxygens (including phenoxy) is 1. The molecular formula is C14H25N5O3S. The van der Waals surface area contributed by atoms with E-state index in [1.807, 2.05) is 20.8 Å². The molecule has 2 fully saturated rings. The van der Waals surface area contributed by atoms with E-state index in [0.29, 0.717) is 26.2 Å². The van der Waals surface area contributed by atoms with Crippen molar-refractivity contribution in [1.82, 2.24) is 23.8 Å². The summed E-state index contributed by atoms with van der Waals surface area (Å²) in [7, 11) is -3.41. The van der Waals surface area contributed by atoms with Gasteiger partial charge in [0.05, 0.1) is 12.2 Å². The highest BCUT2D eigenvalue weighted by Gasteiger charge is 2.37. The maximum Gasteiger partial charge on any atom is 0.282 e. The number of aromatic nitrogens is 3. The third-order valence-electron chi connectivity index (χ3n) is 4.47. The Balaban J connectivity index is 1.64. The summed E-state index contributed by atoms with van der Waals surface area (Å²) in [5.41, 5.74) is 0. The number of morpholine rings is 1. The SMILES string of the molecule is Cc1nc(C2CCN(S(=O)(=O)N3C[C@@H](C)O[C@H](C)C3)CC2)n[nH]1. The summed E-state index contributed by atoms with van der Waals surface area (Å²) in [5, 5.41) is 7.06. The van der Waals surface area contributed by atoms with Crippen LogP contribution in [0.15, 0.2) is 0 Å². The second-order valence-electron chi connectivity index (χ2n) is 6.53. The first-order chi connectivity index (χ1) is 10.9. The fourth-order valence-corrected chi connectivity index (χ4v) is 5.17. The first kappa shape index (κ1) is 16.8. The number of rotatable bonds is 3. The molecule has 3 heterocycles. The quantitative estimate of drug-likeness (QED) is 0.870. The van der Waals surface area contributed by atoms with Gasteiger partial charge >= 0.3 is 0 Å². The van der Waals surface area contributed by atoms with Crippen molar-refractivity contribution in [3.8, 4) is 0 Å². The molecule has 0 unspecified atom stereocenters. The van der Waals surface area contributed by atoms with Gasteiger partial charge < -0.3 is 4.74 Å². The lowest BCUT2D eigenvalue weighted by atomic mass is 9.98. The van der Waals surface area contributed by atoms with Gasteiger partial charge in [-0.3, -0.25) is 5.10 Å². The van der Waals surface area contributed by atoms with E-state index < -0.39 is 10.2 Å². The Morgan fingerprint density at radius 3 is 2.26 bits per heavy atom. The Morgan fingerprint density at radius 2 is 1.74 bits per heavy atom. The molecule has 1 N–H and O–H groups in total. The van der Waals surface area contributed by atoms with Crippen molar-refractivity contribution in [2.24, 2.45) is 0 Å². The highest BCUT2D eigenvalue weighted by atomic mass is 32.2. The molecule has 2 atom stereocenters. The van der Waals surface area contributed by atoms with Gasteiger partial charge in [-0.05, 0) is 33.6 Å². The number of aromatic amines is 1. The van der Waals surface area contributed by atoms with Gasteiger partial charge in [-0.25, -0.2) is 4.98 Å². The number of nitrogens with one attached hydrogen (secondary N) is 1. The van der Waals surface area contributed by atoms with Crippen LogP contribution in [-0.2, 0) is 14.9 Å². The summed E-state index contributed by atoms with van der Waals surface area (Å²) in [4.78, 5) is 4.37. The second kappa shape index (κ2) is 6.46. The monoisotopic (exact) mass is 343 g/mol. The number of piperidine rings is 1. The van der Waals surface area contributed by atoms with Gasteiger partial charge in [0.2, 0.25) is 0 Å². The fourth-order valence-electron chi connectivity index (χ4n) is 3.37. The van der Waals surface area contributed by atoms with Crippen LogP contribution in [0.5, 0.6) is 0 Å². The molecule has 0 radical (unpaired) electrons. The van der Waals surface area contributed by atoms with E-state index in [-0.39, 0.29) is 18.1 Å². The van der Waals surface area contributed by atoms with Crippen molar-refractivity contribution in [3.05, 3.63) is 11.6 Å². The lowest BCUT2D eigenvalue weighted by Gasteiger charge is -2.39. The summed E-state index contributed by atoms with van der Waals surface area (Å²) in [6, 6.07) is 0.